The molecule has 0 aliphatic heterocycles. The number of alkyl carbamates (subject to hydrolysis) is 2. The van der Waals surface area contributed by atoms with Crippen LogP contribution in [0.1, 0.15) is 25.7 Å². The third-order valence-corrected chi connectivity index (χ3v) is 5.18. The van der Waals surface area contributed by atoms with Gasteiger partial charge in [0.1, 0.15) is 26.9 Å². The van der Waals surface area contributed by atoms with Crippen molar-refractivity contribution in [1.82, 2.24) is 16.0 Å². The fourth-order valence-electron chi connectivity index (χ4n) is 2.68. The van der Waals surface area contributed by atoms with Gasteiger partial charge in [-0.1, -0.05) is 0 Å². The Labute approximate surface area is 224 Å². The molecule has 0 aliphatic carbocycles. The summed E-state index contributed by atoms with van der Waals surface area (Å²) in [4.78, 5) is 47.4. The minimum absolute atomic E-state index is 0.00303. The standard InChI is InChI=1S/C22H44N3O12P/c1-31-11-13-33-15-17-35-21(27)24-8-5-4-7-19(20(26)23-9-6-10-37-38(3,29)30)25-22(28)36-18-16-34-14-12-32-2/h19H,4-18H2,1-3H3,(H,23,26)(H,24,27)(H,25,28)(H,29,30)/p-1. The molecule has 0 aromatic carbocycles. The minimum atomic E-state index is -3.83. The second-order valence-corrected chi connectivity index (χ2v) is 9.65. The highest BCUT2D eigenvalue weighted by Gasteiger charge is 2.21. The van der Waals surface area contributed by atoms with E-state index in [0.29, 0.717) is 45.8 Å². The molecule has 3 amide bonds. The molecule has 3 N–H and O–H groups in total. The maximum absolute atomic E-state index is 12.6. The van der Waals surface area contributed by atoms with Crippen molar-refractivity contribution in [3.8, 4) is 0 Å². The first-order valence-electron chi connectivity index (χ1n) is 12.4. The molecule has 16 heteroatoms. The molecule has 0 spiro atoms. The Morgan fingerprint density at radius 1 is 0.737 bits per heavy atom. The number of rotatable bonds is 24. The number of nitrogens with one attached hydrogen (secondary N) is 3. The van der Waals surface area contributed by atoms with Gasteiger partial charge in [-0.2, -0.15) is 0 Å². The normalized spacial score (nSPS) is 13.3. The third kappa shape index (κ3) is 24.3. The summed E-state index contributed by atoms with van der Waals surface area (Å²) in [5.74, 6) is -0.457. The van der Waals surface area contributed by atoms with Gasteiger partial charge >= 0.3 is 12.2 Å². The highest BCUT2D eigenvalue weighted by molar-refractivity contribution is 7.50. The Morgan fingerprint density at radius 3 is 1.87 bits per heavy atom. The molecule has 0 aromatic heterocycles. The summed E-state index contributed by atoms with van der Waals surface area (Å²) in [6.07, 6.45) is 0.201. The zero-order valence-electron chi connectivity index (χ0n) is 22.5. The van der Waals surface area contributed by atoms with Gasteiger partial charge in [-0.3, -0.25) is 4.79 Å². The number of hydrogen-bond donors (Lipinski definition) is 3. The maximum Gasteiger partial charge on any atom is 0.407 e. The smallest absolute Gasteiger partial charge is 0.407 e. The SMILES string of the molecule is COCCOCCOC(=O)NCCCCC(NC(=O)OCCOCCOC)C(=O)NCCCOP(C)(=O)[O-]. The molecule has 0 fully saturated rings. The van der Waals surface area contributed by atoms with E-state index in [-0.39, 0.29) is 52.4 Å². The number of hydrogen-bond acceptors (Lipinski definition) is 12. The first-order valence-corrected chi connectivity index (χ1v) is 14.4. The van der Waals surface area contributed by atoms with Gasteiger partial charge in [0.05, 0.1) is 46.2 Å². The lowest BCUT2D eigenvalue weighted by atomic mass is 10.1. The predicted molar refractivity (Wildman–Crippen MR) is 134 cm³/mol. The van der Waals surface area contributed by atoms with E-state index in [2.05, 4.69) is 20.5 Å². The van der Waals surface area contributed by atoms with Crippen molar-refractivity contribution in [3.05, 3.63) is 0 Å². The van der Waals surface area contributed by atoms with Gasteiger partial charge in [-0.15, -0.1) is 0 Å². The van der Waals surface area contributed by atoms with Crippen LogP contribution in [0.4, 0.5) is 9.59 Å². The predicted octanol–water partition coefficient (Wildman–Crippen LogP) is 0.00980. The fraction of sp³-hybridized carbons (Fsp3) is 0.864. The van der Waals surface area contributed by atoms with E-state index in [1.54, 1.807) is 14.2 Å². The van der Waals surface area contributed by atoms with Crippen LogP contribution in [0.5, 0.6) is 0 Å². The first kappa shape index (κ1) is 36.0. The Morgan fingerprint density at radius 2 is 1.29 bits per heavy atom. The summed E-state index contributed by atoms with van der Waals surface area (Å²) < 4.78 is 45.8. The Kier molecular flexibility index (Phi) is 22.8. The quantitative estimate of drug-likeness (QED) is 0.104. The highest BCUT2D eigenvalue weighted by atomic mass is 31.2. The van der Waals surface area contributed by atoms with Crippen LogP contribution in [0.3, 0.4) is 0 Å². The second kappa shape index (κ2) is 24.1. The van der Waals surface area contributed by atoms with Gasteiger partial charge in [0.25, 0.3) is 0 Å². The van der Waals surface area contributed by atoms with Gasteiger partial charge in [-0.05, 0) is 25.7 Å². The lowest BCUT2D eigenvalue weighted by molar-refractivity contribution is -0.196. The van der Waals surface area contributed by atoms with E-state index in [1.807, 2.05) is 0 Å². The Balaban J connectivity index is 4.37. The number of ether oxygens (including phenoxy) is 6. The monoisotopic (exact) mass is 572 g/mol. The molecule has 2 unspecified atom stereocenters. The van der Waals surface area contributed by atoms with Crippen LogP contribution in [-0.2, 0) is 42.3 Å². The lowest BCUT2D eigenvalue weighted by Gasteiger charge is -2.19. The van der Waals surface area contributed by atoms with Crippen molar-refractivity contribution < 1.29 is 56.8 Å². The zero-order valence-corrected chi connectivity index (χ0v) is 23.4. The van der Waals surface area contributed by atoms with E-state index >= 15 is 0 Å². The summed E-state index contributed by atoms with van der Waals surface area (Å²) in [7, 11) is -0.727. The molecule has 224 valence electrons. The van der Waals surface area contributed by atoms with Gasteiger partial charge in [-0.25, -0.2) is 9.59 Å². The zero-order chi connectivity index (χ0) is 28.5. The van der Waals surface area contributed by atoms with E-state index in [0.717, 1.165) is 6.66 Å². The van der Waals surface area contributed by atoms with Crippen molar-refractivity contribution in [3.63, 3.8) is 0 Å². The summed E-state index contributed by atoms with van der Waals surface area (Å²) in [6, 6.07) is -0.897. The average Bonchev–Trinajstić information content (AvgIpc) is 2.86. The van der Waals surface area contributed by atoms with Crippen molar-refractivity contribution >= 4 is 25.7 Å². The molecule has 0 aromatic rings. The van der Waals surface area contributed by atoms with Gasteiger partial charge in [0, 0.05) is 34.0 Å². The summed E-state index contributed by atoms with van der Waals surface area (Å²) in [6.45, 7) is 3.55. The molecule has 2 atom stereocenters. The van der Waals surface area contributed by atoms with Gasteiger partial charge in [0.2, 0.25) is 5.91 Å². The van der Waals surface area contributed by atoms with Gasteiger partial charge < -0.3 is 58.4 Å². The summed E-state index contributed by atoms with van der Waals surface area (Å²) in [5.41, 5.74) is 0. The molecule has 0 heterocycles. The summed E-state index contributed by atoms with van der Waals surface area (Å²) >= 11 is 0. The van der Waals surface area contributed by atoms with Crippen LogP contribution >= 0.6 is 7.60 Å². The number of amides is 3. The van der Waals surface area contributed by atoms with Crippen LogP contribution < -0.4 is 20.8 Å². The molecule has 0 aliphatic rings. The van der Waals surface area contributed by atoms with Crippen LogP contribution in [-0.4, -0.2) is 118 Å². The Bertz CT molecular complexity index is 680. The van der Waals surface area contributed by atoms with E-state index in [1.165, 1.54) is 0 Å². The molecule has 0 bridgehead atoms. The van der Waals surface area contributed by atoms with Crippen molar-refractivity contribution in [2.45, 2.75) is 31.7 Å². The van der Waals surface area contributed by atoms with E-state index < -0.39 is 31.7 Å². The molecular weight excluding hydrogens is 529 g/mol. The molecule has 38 heavy (non-hydrogen) atoms. The maximum atomic E-state index is 12.6. The molecular formula is C22H43N3O12P-. The third-order valence-electron chi connectivity index (χ3n) is 4.53. The van der Waals surface area contributed by atoms with Crippen LogP contribution in [0, 0.1) is 0 Å². The van der Waals surface area contributed by atoms with Crippen molar-refractivity contribution in [2.75, 3.05) is 93.4 Å². The number of carbonyl (C=O) groups excluding carboxylic acids is 3. The van der Waals surface area contributed by atoms with E-state index in [9.17, 15) is 23.8 Å². The number of methoxy groups -OCH3 is 2. The van der Waals surface area contributed by atoms with Crippen molar-refractivity contribution in [2.24, 2.45) is 0 Å². The molecule has 0 saturated heterocycles. The largest absolute Gasteiger partial charge is 0.779 e. The lowest BCUT2D eigenvalue weighted by Crippen LogP contribution is -2.47. The molecule has 0 radical (unpaired) electrons. The second-order valence-electron chi connectivity index (χ2n) is 7.85. The number of carbonyl (C=O) groups is 3. The first-order chi connectivity index (χ1) is 18.2. The number of unbranched alkanes of at least 4 members (excludes halogenated alkanes) is 1. The molecule has 0 saturated carbocycles. The van der Waals surface area contributed by atoms with Crippen LogP contribution in [0.2, 0.25) is 0 Å². The minimum Gasteiger partial charge on any atom is -0.779 e. The van der Waals surface area contributed by atoms with Gasteiger partial charge in [0.15, 0.2) is 0 Å². The summed E-state index contributed by atoms with van der Waals surface area (Å²) in [5, 5.41) is 7.75. The van der Waals surface area contributed by atoms with E-state index in [4.69, 9.17) is 28.4 Å². The Hall–Kier alpha value is -2.00. The topological polar surface area (TPSA) is 192 Å². The average molecular weight is 573 g/mol. The fourth-order valence-corrected chi connectivity index (χ4v) is 3.14. The van der Waals surface area contributed by atoms with Crippen LogP contribution in [0.25, 0.3) is 0 Å². The molecule has 15 nitrogen and oxygen atoms in total. The van der Waals surface area contributed by atoms with Crippen molar-refractivity contribution in [1.29, 1.82) is 0 Å². The molecule has 0 rings (SSSR count). The van der Waals surface area contributed by atoms with Crippen LogP contribution in [0.15, 0.2) is 0 Å². The highest BCUT2D eigenvalue weighted by Crippen LogP contribution is 2.30.